The number of hydrogen-bond donors (Lipinski definition) is 4. The van der Waals surface area contributed by atoms with Crippen LogP contribution in [0.15, 0.2) is 29.4 Å². The second kappa shape index (κ2) is 8.60. The number of sulfonamides is 1. The normalized spacial score (nSPS) is 23.2. The molecule has 0 amide bonds. The van der Waals surface area contributed by atoms with Gasteiger partial charge in [-0.25, -0.2) is 32.3 Å². The van der Waals surface area contributed by atoms with Gasteiger partial charge in [0, 0.05) is 17.9 Å². The Hall–Kier alpha value is -2.25. The quantitative estimate of drug-likeness (QED) is 0.432. The highest BCUT2D eigenvalue weighted by Crippen LogP contribution is 2.38. The average Bonchev–Trinajstić information content (AvgIpc) is 3.24. The molecule has 9 nitrogen and oxygen atoms in total. The molecule has 3 atom stereocenters. The van der Waals surface area contributed by atoms with Crippen LogP contribution in [0.25, 0.3) is 0 Å². The van der Waals surface area contributed by atoms with Crippen LogP contribution >= 0.6 is 0 Å². The van der Waals surface area contributed by atoms with Gasteiger partial charge in [-0.1, -0.05) is 0 Å². The Balaban J connectivity index is 1.37. The Kier molecular flexibility index (Phi) is 6.16. The van der Waals surface area contributed by atoms with Crippen molar-refractivity contribution in [1.82, 2.24) is 15.3 Å². The third kappa shape index (κ3) is 5.38. The van der Waals surface area contributed by atoms with Gasteiger partial charge in [-0.2, -0.15) is 0 Å². The number of nitrogens with zero attached hydrogens (tertiary/aromatic N) is 2. The lowest BCUT2D eigenvalue weighted by Crippen LogP contribution is -2.41. The van der Waals surface area contributed by atoms with Crippen LogP contribution in [-0.2, 0) is 14.8 Å². The van der Waals surface area contributed by atoms with Gasteiger partial charge in [-0.15, -0.1) is 0 Å². The summed E-state index contributed by atoms with van der Waals surface area (Å²) in [6, 6.07) is 1.25. The Morgan fingerprint density at radius 2 is 1.84 bits per heavy atom. The zero-order valence-electron chi connectivity index (χ0n) is 17.4. The molecule has 12 heteroatoms. The number of halogens is 2. The maximum Gasteiger partial charge on any atom is 0.238 e. The molecule has 1 unspecified atom stereocenters. The molecule has 2 fully saturated rings. The molecule has 2 saturated carbocycles. The molecule has 0 spiro atoms. The zero-order chi connectivity index (χ0) is 23.1. The van der Waals surface area contributed by atoms with E-state index in [9.17, 15) is 22.3 Å². The summed E-state index contributed by atoms with van der Waals surface area (Å²) in [6.45, 7) is 2.04. The smallest absolute Gasteiger partial charge is 0.238 e. The molecule has 2 aliphatic rings. The van der Waals surface area contributed by atoms with E-state index in [-0.39, 0.29) is 23.5 Å². The standard InChI is InChI=1S/C20H25F2N5O4S/c1-20(4-5-20)27-19(28)31-13-3-2-11(6-13)12-9-24-18(25-10-12)26-17-15(21)7-14(8-16(17)22)32(23,29)30/h7-11,13,19,27-28H,2-6H2,1H3,(H2,23,29,30)(H,24,25,26)/t11-,13+,19?/m0/s1. The number of anilines is 2. The van der Waals surface area contributed by atoms with Gasteiger partial charge in [-0.05, 0) is 62.6 Å². The summed E-state index contributed by atoms with van der Waals surface area (Å²) >= 11 is 0. The van der Waals surface area contributed by atoms with Crippen molar-refractivity contribution in [3.05, 3.63) is 41.7 Å². The molecule has 0 aliphatic heterocycles. The molecule has 32 heavy (non-hydrogen) atoms. The first-order valence-electron chi connectivity index (χ1n) is 10.2. The maximum atomic E-state index is 14.2. The third-order valence-electron chi connectivity index (χ3n) is 5.90. The molecule has 2 aromatic rings. The van der Waals surface area contributed by atoms with Crippen molar-refractivity contribution in [2.45, 2.75) is 67.9 Å². The van der Waals surface area contributed by atoms with E-state index in [4.69, 9.17) is 9.88 Å². The van der Waals surface area contributed by atoms with Crippen molar-refractivity contribution in [3.8, 4) is 0 Å². The molecule has 0 bridgehead atoms. The summed E-state index contributed by atoms with van der Waals surface area (Å²) in [5, 5.41) is 20.5. The summed E-state index contributed by atoms with van der Waals surface area (Å²) < 4.78 is 56.7. The molecule has 4 rings (SSSR count). The molecular formula is C20H25F2N5O4S. The van der Waals surface area contributed by atoms with E-state index in [0.717, 1.165) is 31.2 Å². The SMILES string of the molecule is CC1(NC(O)O[C@@H]2CC[C@H](c3cnc(Nc4c(F)cc(S(N)(=O)=O)cc4F)nc3)C2)CC1. The Morgan fingerprint density at radius 3 is 2.41 bits per heavy atom. The number of aliphatic hydroxyl groups is 1. The van der Waals surface area contributed by atoms with Gasteiger partial charge >= 0.3 is 0 Å². The number of rotatable bonds is 8. The molecular weight excluding hydrogens is 444 g/mol. The Labute approximate surface area is 184 Å². The van der Waals surface area contributed by atoms with E-state index in [2.05, 4.69) is 20.6 Å². The van der Waals surface area contributed by atoms with E-state index in [1.807, 2.05) is 6.92 Å². The van der Waals surface area contributed by atoms with E-state index in [1.165, 1.54) is 0 Å². The fourth-order valence-electron chi connectivity index (χ4n) is 3.77. The Morgan fingerprint density at radius 1 is 1.22 bits per heavy atom. The van der Waals surface area contributed by atoms with Crippen molar-refractivity contribution in [2.75, 3.05) is 5.32 Å². The number of nitrogens with one attached hydrogen (secondary N) is 2. The van der Waals surface area contributed by atoms with Gasteiger partial charge < -0.3 is 15.2 Å². The van der Waals surface area contributed by atoms with E-state index in [0.29, 0.717) is 18.6 Å². The fourth-order valence-corrected chi connectivity index (χ4v) is 4.31. The summed E-state index contributed by atoms with van der Waals surface area (Å²) in [6.07, 6.45) is 6.39. The monoisotopic (exact) mass is 469 g/mol. The first-order valence-corrected chi connectivity index (χ1v) is 11.8. The first-order chi connectivity index (χ1) is 15.0. The van der Waals surface area contributed by atoms with Crippen molar-refractivity contribution >= 4 is 21.7 Å². The van der Waals surface area contributed by atoms with Crippen LogP contribution in [0.1, 0.15) is 50.5 Å². The van der Waals surface area contributed by atoms with Crippen LogP contribution < -0.4 is 15.8 Å². The van der Waals surface area contributed by atoms with Crippen LogP contribution in [0, 0.1) is 11.6 Å². The number of primary sulfonamides is 1. The van der Waals surface area contributed by atoms with E-state index in [1.54, 1.807) is 12.4 Å². The number of hydrogen-bond acceptors (Lipinski definition) is 8. The van der Waals surface area contributed by atoms with E-state index >= 15 is 0 Å². The van der Waals surface area contributed by atoms with E-state index < -0.39 is 38.7 Å². The number of ether oxygens (including phenoxy) is 1. The van der Waals surface area contributed by atoms with Crippen LogP contribution in [-0.4, -0.2) is 41.5 Å². The van der Waals surface area contributed by atoms with Gasteiger partial charge in [0.05, 0.1) is 11.0 Å². The van der Waals surface area contributed by atoms with Crippen molar-refractivity contribution < 1.29 is 27.0 Å². The van der Waals surface area contributed by atoms with Crippen molar-refractivity contribution in [2.24, 2.45) is 5.14 Å². The van der Waals surface area contributed by atoms with Crippen molar-refractivity contribution in [1.29, 1.82) is 0 Å². The molecule has 1 aromatic heterocycles. The fraction of sp³-hybridized carbons (Fsp3) is 0.500. The van der Waals surface area contributed by atoms with Gasteiger partial charge in [-0.3, -0.25) is 5.32 Å². The van der Waals surface area contributed by atoms with Gasteiger partial charge in [0.15, 0.2) is 11.6 Å². The molecule has 174 valence electrons. The highest BCUT2D eigenvalue weighted by atomic mass is 32.2. The predicted octanol–water partition coefficient (Wildman–Crippen LogP) is 2.22. The lowest BCUT2D eigenvalue weighted by Gasteiger charge is -2.22. The molecule has 1 heterocycles. The topological polar surface area (TPSA) is 139 Å². The minimum atomic E-state index is -4.24. The van der Waals surface area contributed by atoms with Crippen molar-refractivity contribution in [3.63, 3.8) is 0 Å². The first kappa shape index (κ1) is 22.9. The average molecular weight is 470 g/mol. The van der Waals surface area contributed by atoms with Gasteiger partial charge in [0.25, 0.3) is 0 Å². The summed E-state index contributed by atoms with van der Waals surface area (Å²) in [4.78, 5) is 7.56. The number of aliphatic hydroxyl groups excluding tert-OH is 1. The lowest BCUT2D eigenvalue weighted by molar-refractivity contribution is -0.157. The third-order valence-corrected chi connectivity index (χ3v) is 6.79. The minimum Gasteiger partial charge on any atom is -0.356 e. The maximum absolute atomic E-state index is 14.2. The number of benzene rings is 1. The zero-order valence-corrected chi connectivity index (χ0v) is 18.2. The van der Waals surface area contributed by atoms with Crippen LogP contribution in [0.5, 0.6) is 0 Å². The van der Waals surface area contributed by atoms with Gasteiger partial charge in [0.1, 0.15) is 5.69 Å². The molecule has 2 aliphatic carbocycles. The van der Waals surface area contributed by atoms with Crippen LogP contribution in [0.3, 0.4) is 0 Å². The largest absolute Gasteiger partial charge is 0.356 e. The second-order valence-electron chi connectivity index (χ2n) is 8.60. The van der Waals surface area contributed by atoms with Gasteiger partial charge in [0.2, 0.25) is 22.4 Å². The Bertz CT molecular complexity index is 1070. The van der Waals surface area contributed by atoms with Crippen LogP contribution in [0.4, 0.5) is 20.4 Å². The summed E-state index contributed by atoms with van der Waals surface area (Å²) in [5.41, 5.74) is 0.237. The lowest BCUT2D eigenvalue weighted by atomic mass is 10.0. The molecule has 0 saturated heterocycles. The molecule has 0 radical (unpaired) electrons. The molecule has 1 aromatic carbocycles. The number of nitrogens with two attached hydrogens (primary N) is 1. The van der Waals surface area contributed by atoms with Crippen LogP contribution in [0.2, 0.25) is 0 Å². The highest BCUT2D eigenvalue weighted by molar-refractivity contribution is 7.89. The minimum absolute atomic E-state index is 0.0358. The highest BCUT2D eigenvalue weighted by Gasteiger charge is 2.39. The summed E-state index contributed by atoms with van der Waals surface area (Å²) in [7, 11) is -4.24. The number of aromatic nitrogens is 2. The summed E-state index contributed by atoms with van der Waals surface area (Å²) in [5.74, 6) is -2.17. The molecule has 5 N–H and O–H groups in total. The second-order valence-corrected chi connectivity index (χ2v) is 10.2. The predicted molar refractivity (Wildman–Crippen MR) is 111 cm³/mol.